The maximum Gasteiger partial charge on any atom is 0.238 e. The lowest BCUT2D eigenvalue weighted by molar-refractivity contribution is 0.865. The Morgan fingerprint density at radius 2 is 1.84 bits per heavy atom. The van der Waals surface area contributed by atoms with Crippen LogP contribution >= 0.6 is 11.8 Å². The van der Waals surface area contributed by atoms with Gasteiger partial charge in [0.2, 0.25) is 5.95 Å². The van der Waals surface area contributed by atoms with Gasteiger partial charge in [-0.05, 0) is 36.6 Å². The number of nitrogens with two attached hydrogens (primary N) is 1. The summed E-state index contributed by atoms with van der Waals surface area (Å²) in [5, 5.41) is 0.887. The predicted molar refractivity (Wildman–Crippen MR) is 79.2 cm³/mol. The summed E-state index contributed by atoms with van der Waals surface area (Å²) in [6.45, 7) is 6.30. The molecule has 1 aromatic heterocycles. The van der Waals surface area contributed by atoms with Gasteiger partial charge in [-0.25, -0.2) is 15.8 Å². The van der Waals surface area contributed by atoms with Crippen molar-refractivity contribution < 1.29 is 0 Å². The first-order valence-electron chi connectivity index (χ1n) is 6.18. The summed E-state index contributed by atoms with van der Waals surface area (Å²) in [7, 11) is 0. The Balaban J connectivity index is 2.18. The fraction of sp³-hybridized carbons (Fsp3) is 0.286. The summed E-state index contributed by atoms with van der Waals surface area (Å²) in [6.07, 6.45) is 0. The van der Waals surface area contributed by atoms with Crippen LogP contribution in [0.2, 0.25) is 0 Å². The van der Waals surface area contributed by atoms with Crippen molar-refractivity contribution in [3.63, 3.8) is 0 Å². The van der Waals surface area contributed by atoms with Crippen molar-refractivity contribution in [2.45, 2.75) is 36.6 Å². The Hall–Kier alpha value is -1.59. The normalized spacial score (nSPS) is 10.8. The number of hydrogen-bond donors (Lipinski definition) is 2. The lowest BCUT2D eigenvalue weighted by atomic mass is 10.0. The first kappa shape index (κ1) is 13.8. The van der Waals surface area contributed by atoms with Gasteiger partial charge in [0.05, 0.1) is 0 Å². The molecule has 0 saturated carbocycles. The topological polar surface area (TPSA) is 63.8 Å². The van der Waals surface area contributed by atoms with E-state index in [1.54, 1.807) is 11.8 Å². The molecule has 0 aliphatic carbocycles. The molecule has 1 heterocycles. The summed E-state index contributed by atoms with van der Waals surface area (Å²) in [6, 6.07) is 10.5. The van der Waals surface area contributed by atoms with E-state index < -0.39 is 0 Å². The minimum atomic E-state index is 0.446. The molecule has 19 heavy (non-hydrogen) atoms. The Labute approximate surface area is 117 Å². The molecule has 0 aliphatic rings. The zero-order valence-electron chi connectivity index (χ0n) is 11.3. The molecule has 0 bridgehead atoms. The van der Waals surface area contributed by atoms with Gasteiger partial charge in [-0.1, -0.05) is 37.7 Å². The molecule has 3 N–H and O–H groups in total. The molecule has 2 aromatic rings. The maximum absolute atomic E-state index is 5.35. The van der Waals surface area contributed by atoms with Crippen LogP contribution in [-0.2, 0) is 0 Å². The van der Waals surface area contributed by atoms with Gasteiger partial charge in [-0.2, -0.15) is 0 Å². The molecule has 0 unspecified atom stereocenters. The summed E-state index contributed by atoms with van der Waals surface area (Å²) in [4.78, 5) is 9.65. The molecule has 0 fully saturated rings. The van der Waals surface area contributed by atoms with Crippen molar-refractivity contribution in [3.05, 3.63) is 41.6 Å². The summed E-state index contributed by atoms with van der Waals surface area (Å²) in [5.74, 6) is 6.34. The summed E-state index contributed by atoms with van der Waals surface area (Å²) >= 11 is 1.61. The zero-order chi connectivity index (χ0) is 13.8. The smallest absolute Gasteiger partial charge is 0.238 e. The molecule has 0 radical (unpaired) electrons. The van der Waals surface area contributed by atoms with E-state index in [1.165, 1.54) is 5.56 Å². The fourth-order valence-corrected chi connectivity index (χ4v) is 2.57. The van der Waals surface area contributed by atoms with Crippen LogP contribution in [0.5, 0.6) is 0 Å². The SMILES string of the molecule is Cc1cc(Sc2ccc(C(C)C)cc2)nc(NN)n1. The zero-order valence-corrected chi connectivity index (χ0v) is 12.2. The van der Waals surface area contributed by atoms with Gasteiger partial charge >= 0.3 is 0 Å². The molecule has 0 saturated heterocycles. The molecular weight excluding hydrogens is 256 g/mol. The lowest BCUT2D eigenvalue weighted by Gasteiger charge is -2.07. The van der Waals surface area contributed by atoms with E-state index in [2.05, 4.69) is 53.5 Å². The number of nitrogen functional groups attached to an aromatic ring is 1. The molecule has 5 heteroatoms. The molecule has 1 aromatic carbocycles. The standard InChI is InChI=1S/C14H18N4S/c1-9(2)11-4-6-12(7-5-11)19-13-8-10(3)16-14(17-13)18-15/h4-9H,15H2,1-3H3,(H,16,17,18). The Kier molecular flexibility index (Phi) is 4.39. The van der Waals surface area contributed by atoms with Crippen LogP contribution < -0.4 is 11.3 Å². The Bertz CT molecular complexity index is 552. The van der Waals surface area contributed by atoms with Crippen LogP contribution in [0.3, 0.4) is 0 Å². The predicted octanol–water partition coefficient (Wildman–Crippen LogP) is 3.35. The van der Waals surface area contributed by atoms with E-state index in [1.807, 2.05) is 13.0 Å². The van der Waals surface area contributed by atoms with Crippen molar-refractivity contribution in [3.8, 4) is 0 Å². The second-order valence-electron chi connectivity index (χ2n) is 4.64. The average Bonchev–Trinajstić information content (AvgIpc) is 2.38. The number of hydrogen-bond acceptors (Lipinski definition) is 5. The number of nitrogens with zero attached hydrogens (tertiary/aromatic N) is 2. The minimum Gasteiger partial charge on any atom is -0.292 e. The molecule has 2 rings (SSSR count). The van der Waals surface area contributed by atoms with Crippen LogP contribution in [0.1, 0.15) is 31.0 Å². The highest BCUT2D eigenvalue weighted by atomic mass is 32.2. The van der Waals surface area contributed by atoms with Gasteiger partial charge in [0.15, 0.2) is 0 Å². The van der Waals surface area contributed by atoms with Gasteiger partial charge in [0.1, 0.15) is 5.03 Å². The van der Waals surface area contributed by atoms with E-state index in [0.717, 1.165) is 15.6 Å². The third-order valence-corrected chi connectivity index (χ3v) is 3.66. The van der Waals surface area contributed by atoms with E-state index in [-0.39, 0.29) is 0 Å². The lowest BCUT2D eigenvalue weighted by Crippen LogP contribution is -2.11. The van der Waals surface area contributed by atoms with Crippen LogP contribution in [0.15, 0.2) is 40.3 Å². The fourth-order valence-electron chi connectivity index (χ4n) is 1.70. The second kappa shape index (κ2) is 6.04. The van der Waals surface area contributed by atoms with Crippen LogP contribution in [0, 0.1) is 6.92 Å². The summed E-state index contributed by atoms with van der Waals surface area (Å²) < 4.78 is 0. The molecule has 0 spiro atoms. The number of nitrogens with one attached hydrogen (secondary N) is 1. The molecular formula is C14H18N4S. The quantitative estimate of drug-likeness (QED) is 0.508. The number of benzene rings is 1. The minimum absolute atomic E-state index is 0.446. The Morgan fingerprint density at radius 1 is 1.16 bits per heavy atom. The average molecular weight is 274 g/mol. The van der Waals surface area contributed by atoms with Gasteiger partial charge in [-0.3, -0.25) is 5.43 Å². The molecule has 0 amide bonds. The van der Waals surface area contributed by atoms with Crippen molar-refractivity contribution in [2.24, 2.45) is 5.84 Å². The molecule has 0 aliphatic heterocycles. The van der Waals surface area contributed by atoms with Crippen molar-refractivity contribution in [1.29, 1.82) is 0 Å². The Morgan fingerprint density at radius 3 is 2.42 bits per heavy atom. The van der Waals surface area contributed by atoms with E-state index >= 15 is 0 Å². The highest BCUT2D eigenvalue weighted by Gasteiger charge is 2.04. The highest BCUT2D eigenvalue weighted by Crippen LogP contribution is 2.28. The number of aromatic nitrogens is 2. The number of anilines is 1. The van der Waals surface area contributed by atoms with Crippen LogP contribution in [0.25, 0.3) is 0 Å². The van der Waals surface area contributed by atoms with E-state index in [9.17, 15) is 0 Å². The van der Waals surface area contributed by atoms with Gasteiger partial charge in [0, 0.05) is 10.6 Å². The van der Waals surface area contributed by atoms with Crippen molar-refractivity contribution >= 4 is 17.7 Å². The van der Waals surface area contributed by atoms with E-state index in [0.29, 0.717) is 11.9 Å². The van der Waals surface area contributed by atoms with Crippen LogP contribution in [-0.4, -0.2) is 9.97 Å². The molecule has 0 atom stereocenters. The second-order valence-corrected chi connectivity index (χ2v) is 5.74. The van der Waals surface area contributed by atoms with E-state index in [4.69, 9.17) is 5.84 Å². The van der Waals surface area contributed by atoms with Gasteiger partial charge < -0.3 is 0 Å². The number of rotatable bonds is 4. The number of aryl methyl sites for hydroxylation is 1. The third kappa shape index (κ3) is 3.68. The first-order chi connectivity index (χ1) is 9.08. The summed E-state index contributed by atoms with van der Waals surface area (Å²) in [5.41, 5.74) is 4.72. The number of hydrazine groups is 1. The maximum atomic E-state index is 5.35. The van der Waals surface area contributed by atoms with Gasteiger partial charge in [-0.15, -0.1) is 0 Å². The monoisotopic (exact) mass is 274 g/mol. The molecule has 100 valence electrons. The van der Waals surface area contributed by atoms with Crippen molar-refractivity contribution in [2.75, 3.05) is 5.43 Å². The third-order valence-electron chi connectivity index (χ3n) is 2.73. The molecule has 4 nitrogen and oxygen atoms in total. The largest absolute Gasteiger partial charge is 0.292 e. The van der Waals surface area contributed by atoms with Crippen molar-refractivity contribution in [1.82, 2.24) is 9.97 Å². The van der Waals surface area contributed by atoms with Crippen LogP contribution in [0.4, 0.5) is 5.95 Å². The van der Waals surface area contributed by atoms with Gasteiger partial charge in [0.25, 0.3) is 0 Å². The highest BCUT2D eigenvalue weighted by molar-refractivity contribution is 7.99. The first-order valence-corrected chi connectivity index (χ1v) is 7.00.